The fraction of sp³-hybridized carbons (Fsp3) is 0.900. The third kappa shape index (κ3) is 7.78. The van der Waals surface area contributed by atoms with E-state index < -0.39 is 13.7 Å². The van der Waals surface area contributed by atoms with Crippen molar-refractivity contribution in [1.82, 2.24) is 0 Å². The summed E-state index contributed by atoms with van der Waals surface area (Å²) in [5.74, 6) is -0.522. The van der Waals surface area contributed by atoms with Crippen molar-refractivity contribution >= 4 is 20.3 Å². The average Bonchev–Trinajstić information content (AvgIpc) is 2.47. The standard InChI is InChI=1S/C20H40O5Si/c1-14(12-16(21)23-9)17(25-26(10,11)20(6,7)8)15(2)13-24-18(22)19(3,4)5/h14-15,17H,12-13H2,1-11H3/t14-,15+,17-/m0/s1. The number of methoxy groups -OCH3 is 1. The van der Waals surface area contributed by atoms with E-state index in [1.165, 1.54) is 7.11 Å². The lowest BCUT2D eigenvalue weighted by molar-refractivity contribution is -0.156. The van der Waals surface area contributed by atoms with Gasteiger partial charge >= 0.3 is 11.9 Å². The average molecular weight is 389 g/mol. The lowest BCUT2D eigenvalue weighted by Gasteiger charge is -2.42. The maximum Gasteiger partial charge on any atom is 0.311 e. The minimum Gasteiger partial charge on any atom is -0.469 e. The smallest absolute Gasteiger partial charge is 0.311 e. The Morgan fingerprint density at radius 1 is 0.962 bits per heavy atom. The van der Waals surface area contributed by atoms with Crippen LogP contribution in [0.4, 0.5) is 0 Å². The molecule has 0 saturated carbocycles. The third-order valence-electron chi connectivity index (χ3n) is 5.16. The molecule has 0 aliphatic heterocycles. The molecule has 3 atom stereocenters. The Morgan fingerprint density at radius 3 is 1.85 bits per heavy atom. The zero-order valence-electron chi connectivity index (χ0n) is 18.7. The maximum absolute atomic E-state index is 12.1. The summed E-state index contributed by atoms with van der Waals surface area (Å²) in [6, 6.07) is 0. The number of hydrogen-bond acceptors (Lipinski definition) is 5. The van der Waals surface area contributed by atoms with E-state index in [0.717, 1.165) is 0 Å². The first kappa shape index (κ1) is 25.1. The molecule has 0 amide bonds. The molecule has 0 aromatic carbocycles. The van der Waals surface area contributed by atoms with Gasteiger partial charge in [-0.15, -0.1) is 0 Å². The van der Waals surface area contributed by atoms with Gasteiger partial charge in [-0.05, 0) is 44.8 Å². The van der Waals surface area contributed by atoms with Gasteiger partial charge in [-0.1, -0.05) is 34.6 Å². The van der Waals surface area contributed by atoms with Crippen LogP contribution in [-0.2, 0) is 23.5 Å². The highest BCUT2D eigenvalue weighted by Gasteiger charge is 2.42. The zero-order chi connectivity index (χ0) is 20.9. The Kier molecular flexibility index (Phi) is 9.04. The normalized spacial score (nSPS) is 16.6. The Morgan fingerprint density at radius 2 is 1.46 bits per heavy atom. The highest BCUT2D eigenvalue weighted by molar-refractivity contribution is 6.74. The molecular weight excluding hydrogens is 348 g/mol. The van der Waals surface area contributed by atoms with E-state index in [1.807, 2.05) is 34.6 Å². The maximum atomic E-state index is 12.1. The monoisotopic (exact) mass is 388 g/mol. The molecule has 0 N–H and O–H groups in total. The molecule has 0 saturated heterocycles. The summed E-state index contributed by atoms with van der Waals surface area (Å²) >= 11 is 0. The lowest BCUT2D eigenvalue weighted by Crippen LogP contribution is -2.48. The summed E-state index contributed by atoms with van der Waals surface area (Å²) in [6.45, 7) is 20.7. The van der Waals surface area contributed by atoms with Crippen molar-refractivity contribution in [3.8, 4) is 0 Å². The van der Waals surface area contributed by atoms with Crippen LogP contribution in [0.1, 0.15) is 61.8 Å². The van der Waals surface area contributed by atoms with E-state index in [-0.39, 0.29) is 47.9 Å². The zero-order valence-corrected chi connectivity index (χ0v) is 19.7. The fourth-order valence-electron chi connectivity index (χ4n) is 2.29. The van der Waals surface area contributed by atoms with Crippen LogP contribution in [0.5, 0.6) is 0 Å². The largest absolute Gasteiger partial charge is 0.469 e. The van der Waals surface area contributed by atoms with E-state index in [2.05, 4.69) is 33.9 Å². The van der Waals surface area contributed by atoms with E-state index >= 15 is 0 Å². The number of ether oxygens (including phenoxy) is 2. The van der Waals surface area contributed by atoms with Crippen LogP contribution in [0.2, 0.25) is 18.1 Å². The Bertz CT molecular complexity index is 474. The van der Waals surface area contributed by atoms with Gasteiger partial charge in [0.15, 0.2) is 8.32 Å². The van der Waals surface area contributed by atoms with Gasteiger partial charge in [-0.2, -0.15) is 0 Å². The van der Waals surface area contributed by atoms with Gasteiger partial charge in [0.1, 0.15) is 0 Å². The molecule has 6 heteroatoms. The highest BCUT2D eigenvalue weighted by atomic mass is 28.4. The minimum atomic E-state index is -2.04. The molecule has 0 fully saturated rings. The van der Waals surface area contributed by atoms with Gasteiger partial charge in [0.25, 0.3) is 0 Å². The molecule has 26 heavy (non-hydrogen) atoms. The summed E-state index contributed by atoms with van der Waals surface area (Å²) in [5.41, 5.74) is -0.535. The van der Waals surface area contributed by atoms with Crippen LogP contribution >= 0.6 is 0 Å². The Hall–Kier alpha value is -0.883. The van der Waals surface area contributed by atoms with Crippen LogP contribution in [0.15, 0.2) is 0 Å². The van der Waals surface area contributed by atoms with Crippen molar-refractivity contribution < 1.29 is 23.5 Å². The molecule has 0 radical (unpaired) electrons. The van der Waals surface area contributed by atoms with Crippen LogP contribution in [0.3, 0.4) is 0 Å². The van der Waals surface area contributed by atoms with Crippen LogP contribution in [0, 0.1) is 17.3 Å². The second-order valence-corrected chi connectivity index (χ2v) is 14.7. The highest BCUT2D eigenvalue weighted by Crippen LogP contribution is 2.39. The SMILES string of the molecule is COC(=O)C[C@H](C)[C@H](O[Si](C)(C)C(C)(C)C)[C@H](C)COC(=O)C(C)(C)C. The predicted octanol–water partition coefficient (Wildman–Crippen LogP) is 4.80. The molecule has 0 bridgehead atoms. The fourth-order valence-corrected chi connectivity index (χ4v) is 3.79. The summed E-state index contributed by atoms with van der Waals surface area (Å²) < 4.78 is 17.0. The summed E-state index contributed by atoms with van der Waals surface area (Å²) in [5, 5.41) is 0.0536. The van der Waals surface area contributed by atoms with Gasteiger partial charge < -0.3 is 13.9 Å². The number of hydrogen-bond donors (Lipinski definition) is 0. The second-order valence-electron chi connectivity index (χ2n) is 9.93. The van der Waals surface area contributed by atoms with Crippen LogP contribution in [-0.4, -0.2) is 40.1 Å². The number of carbonyl (C=O) groups excluding carboxylic acids is 2. The molecule has 0 heterocycles. The molecule has 0 aromatic rings. The number of esters is 2. The second kappa shape index (κ2) is 9.35. The molecular formula is C20H40O5Si. The van der Waals surface area contributed by atoms with E-state index in [4.69, 9.17) is 13.9 Å². The van der Waals surface area contributed by atoms with Crippen molar-refractivity contribution in [1.29, 1.82) is 0 Å². The Labute approximate surface area is 161 Å². The lowest BCUT2D eigenvalue weighted by atomic mass is 9.91. The molecule has 0 aliphatic carbocycles. The van der Waals surface area contributed by atoms with E-state index in [1.54, 1.807) is 0 Å². The van der Waals surface area contributed by atoms with E-state index in [9.17, 15) is 9.59 Å². The first-order chi connectivity index (χ1) is 11.5. The molecule has 0 spiro atoms. The molecule has 0 unspecified atom stereocenters. The number of rotatable bonds is 8. The third-order valence-corrected chi connectivity index (χ3v) is 9.64. The van der Waals surface area contributed by atoms with Gasteiger partial charge in [-0.3, -0.25) is 9.59 Å². The number of carbonyl (C=O) groups is 2. The molecule has 0 aliphatic rings. The summed E-state index contributed by atoms with van der Waals surface area (Å²) in [6.07, 6.45) is 0.107. The van der Waals surface area contributed by atoms with Gasteiger partial charge in [0.2, 0.25) is 0 Å². The van der Waals surface area contributed by atoms with Crippen LogP contribution in [0.25, 0.3) is 0 Å². The van der Waals surface area contributed by atoms with Crippen LogP contribution < -0.4 is 0 Å². The van der Waals surface area contributed by atoms with E-state index in [0.29, 0.717) is 0 Å². The van der Waals surface area contributed by atoms with Crippen molar-refractivity contribution in [3.63, 3.8) is 0 Å². The quantitative estimate of drug-likeness (QED) is 0.441. The minimum absolute atomic E-state index is 0.0184. The topological polar surface area (TPSA) is 61.8 Å². The first-order valence-corrected chi connectivity index (χ1v) is 12.4. The molecule has 5 nitrogen and oxygen atoms in total. The predicted molar refractivity (Wildman–Crippen MR) is 107 cm³/mol. The first-order valence-electron chi connectivity index (χ1n) is 9.44. The van der Waals surface area contributed by atoms with Gasteiger partial charge in [-0.25, -0.2) is 0 Å². The summed E-state index contributed by atoms with van der Waals surface area (Å²) in [7, 11) is -0.644. The summed E-state index contributed by atoms with van der Waals surface area (Å²) in [4.78, 5) is 23.9. The molecule has 0 rings (SSSR count). The van der Waals surface area contributed by atoms with Crippen molar-refractivity contribution in [3.05, 3.63) is 0 Å². The Balaban J connectivity index is 5.31. The van der Waals surface area contributed by atoms with Crippen molar-refractivity contribution in [2.24, 2.45) is 17.3 Å². The molecule has 0 aromatic heterocycles. The van der Waals surface area contributed by atoms with Crippen molar-refractivity contribution in [2.75, 3.05) is 13.7 Å². The van der Waals surface area contributed by atoms with Gasteiger partial charge in [0.05, 0.1) is 31.7 Å². The van der Waals surface area contributed by atoms with Gasteiger partial charge in [0, 0.05) is 5.92 Å². The molecule has 154 valence electrons. The van der Waals surface area contributed by atoms with Crippen molar-refractivity contribution in [2.45, 2.75) is 86.0 Å².